The van der Waals surface area contributed by atoms with Crippen LogP contribution in [0.2, 0.25) is 0 Å². The van der Waals surface area contributed by atoms with Gasteiger partial charge in [-0.15, -0.1) is 0 Å². The molecule has 1 aromatic carbocycles. The number of unbranched alkanes of at least 4 members (excludes halogenated alkanes) is 6. The summed E-state index contributed by atoms with van der Waals surface area (Å²) in [6.07, 6.45) is 11.4. The topological polar surface area (TPSA) is 26.3 Å². The van der Waals surface area contributed by atoms with Crippen molar-refractivity contribution in [3.8, 4) is 5.75 Å². The maximum absolute atomic E-state index is 11.0. The van der Waals surface area contributed by atoms with E-state index >= 15 is 0 Å². The van der Waals surface area contributed by atoms with Crippen molar-refractivity contribution >= 4 is 6.29 Å². The Morgan fingerprint density at radius 2 is 1.71 bits per heavy atom. The highest BCUT2D eigenvalue weighted by Crippen LogP contribution is 2.26. The Labute approximate surface area is 129 Å². The van der Waals surface area contributed by atoms with Crippen LogP contribution in [0.4, 0.5) is 0 Å². The predicted octanol–water partition coefficient (Wildman–Crippen LogP) is 5.75. The van der Waals surface area contributed by atoms with E-state index in [1.54, 1.807) is 13.2 Å². The van der Waals surface area contributed by atoms with Crippen LogP contribution in [0.5, 0.6) is 5.75 Å². The Hall–Kier alpha value is -1.31. The zero-order chi connectivity index (χ0) is 15.5. The Balaban J connectivity index is 2.37. The third kappa shape index (κ3) is 6.79. The van der Waals surface area contributed by atoms with Crippen LogP contribution in [-0.4, -0.2) is 13.4 Å². The van der Waals surface area contributed by atoms with Crippen molar-refractivity contribution in [2.45, 2.75) is 71.1 Å². The summed E-state index contributed by atoms with van der Waals surface area (Å²) in [7, 11) is 1.65. The molecule has 21 heavy (non-hydrogen) atoms. The second kappa shape index (κ2) is 10.4. The lowest BCUT2D eigenvalue weighted by molar-refractivity contribution is 0.112. The molecule has 0 bridgehead atoms. The predicted molar refractivity (Wildman–Crippen MR) is 89.4 cm³/mol. The van der Waals surface area contributed by atoms with E-state index in [4.69, 9.17) is 4.74 Å². The fourth-order valence-electron chi connectivity index (χ4n) is 2.69. The third-order valence-electron chi connectivity index (χ3n) is 4.13. The number of methoxy groups -OCH3 is 1. The van der Waals surface area contributed by atoms with E-state index in [0.29, 0.717) is 11.5 Å². The molecule has 0 aliphatic heterocycles. The van der Waals surface area contributed by atoms with E-state index in [-0.39, 0.29) is 0 Å². The second-order valence-corrected chi connectivity index (χ2v) is 5.97. The summed E-state index contributed by atoms with van der Waals surface area (Å²) in [4.78, 5) is 11.0. The number of carbonyl (C=O) groups excluding carboxylic acids is 1. The number of rotatable bonds is 11. The van der Waals surface area contributed by atoms with Crippen LogP contribution in [0, 0.1) is 0 Å². The SMILES string of the molecule is CCCCCCCCCC(C)c1cc(C=O)cc(OC)c1. The summed E-state index contributed by atoms with van der Waals surface area (Å²) in [5, 5.41) is 0. The van der Waals surface area contributed by atoms with Crippen LogP contribution in [0.3, 0.4) is 0 Å². The lowest BCUT2D eigenvalue weighted by Gasteiger charge is -2.14. The van der Waals surface area contributed by atoms with Crippen LogP contribution in [0.25, 0.3) is 0 Å². The molecule has 0 radical (unpaired) electrons. The van der Waals surface area contributed by atoms with Gasteiger partial charge in [0, 0.05) is 5.56 Å². The summed E-state index contributed by atoms with van der Waals surface area (Å²) in [5.74, 6) is 1.26. The molecule has 1 rings (SSSR count). The van der Waals surface area contributed by atoms with Gasteiger partial charge in [0.25, 0.3) is 0 Å². The molecule has 2 nitrogen and oxygen atoms in total. The zero-order valence-electron chi connectivity index (χ0n) is 13.9. The van der Waals surface area contributed by atoms with Gasteiger partial charge >= 0.3 is 0 Å². The van der Waals surface area contributed by atoms with Crippen molar-refractivity contribution in [2.75, 3.05) is 7.11 Å². The maximum Gasteiger partial charge on any atom is 0.150 e. The monoisotopic (exact) mass is 290 g/mol. The van der Waals surface area contributed by atoms with Crippen LogP contribution in [0.15, 0.2) is 18.2 Å². The highest BCUT2D eigenvalue weighted by atomic mass is 16.5. The molecule has 1 unspecified atom stereocenters. The smallest absolute Gasteiger partial charge is 0.150 e. The Morgan fingerprint density at radius 1 is 1.05 bits per heavy atom. The van der Waals surface area contributed by atoms with E-state index in [1.807, 2.05) is 6.07 Å². The van der Waals surface area contributed by atoms with Crippen LogP contribution in [-0.2, 0) is 0 Å². The summed E-state index contributed by atoms with van der Waals surface area (Å²) >= 11 is 0. The van der Waals surface area contributed by atoms with Gasteiger partial charge in [0.2, 0.25) is 0 Å². The second-order valence-electron chi connectivity index (χ2n) is 5.97. The molecule has 2 heteroatoms. The Bertz CT molecular complexity index is 412. The van der Waals surface area contributed by atoms with E-state index in [0.717, 1.165) is 12.0 Å². The van der Waals surface area contributed by atoms with Crippen molar-refractivity contribution in [1.82, 2.24) is 0 Å². The summed E-state index contributed by atoms with van der Waals surface area (Å²) in [6, 6.07) is 5.83. The highest BCUT2D eigenvalue weighted by Gasteiger charge is 2.08. The Kier molecular flexibility index (Phi) is 8.80. The summed E-state index contributed by atoms with van der Waals surface area (Å²) in [6.45, 7) is 4.49. The summed E-state index contributed by atoms with van der Waals surface area (Å²) in [5.41, 5.74) is 1.91. The Morgan fingerprint density at radius 3 is 2.33 bits per heavy atom. The first-order chi connectivity index (χ1) is 10.2. The lowest BCUT2D eigenvalue weighted by Crippen LogP contribution is -1.97. The molecule has 0 N–H and O–H groups in total. The van der Waals surface area contributed by atoms with E-state index in [1.165, 1.54) is 56.9 Å². The molecule has 0 aliphatic rings. The molecule has 0 amide bonds. The minimum absolute atomic E-state index is 0.481. The summed E-state index contributed by atoms with van der Waals surface area (Å²) < 4.78 is 5.27. The number of aldehydes is 1. The molecule has 0 aliphatic carbocycles. The average Bonchev–Trinajstić information content (AvgIpc) is 2.53. The van der Waals surface area contributed by atoms with E-state index in [9.17, 15) is 4.79 Å². The largest absolute Gasteiger partial charge is 0.497 e. The van der Waals surface area contributed by atoms with Crippen molar-refractivity contribution in [3.63, 3.8) is 0 Å². The molecule has 0 fully saturated rings. The van der Waals surface area contributed by atoms with Gasteiger partial charge in [-0.25, -0.2) is 0 Å². The molecule has 0 aromatic heterocycles. The number of benzene rings is 1. The normalized spacial score (nSPS) is 12.1. The number of hydrogen-bond acceptors (Lipinski definition) is 2. The van der Waals surface area contributed by atoms with Gasteiger partial charge in [-0.05, 0) is 36.1 Å². The van der Waals surface area contributed by atoms with Gasteiger partial charge in [-0.2, -0.15) is 0 Å². The molecule has 0 heterocycles. The maximum atomic E-state index is 11.0. The standard InChI is InChI=1S/C19H30O2/c1-4-5-6-7-8-9-10-11-16(2)18-12-17(15-20)13-19(14-18)21-3/h12-16H,4-11H2,1-3H3. The molecular formula is C19H30O2. The minimum Gasteiger partial charge on any atom is -0.497 e. The molecule has 1 atom stereocenters. The average molecular weight is 290 g/mol. The molecule has 0 saturated heterocycles. The van der Waals surface area contributed by atoms with Crippen LogP contribution < -0.4 is 4.74 Å². The zero-order valence-corrected chi connectivity index (χ0v) is 13.9. The number of ether oxygens (including phenoxy) is 1. The molecule has 0 saturated carbocycles. The van der Waals surface area contributed by atoms with Crippen molar-refractivity contribution in [1.29, 1.82) is 0 Å². The van der Waals surface area contributed by atoms with E-state index in [2.05, 4.69) is 19.9 Å². The third-order valence-corrected chi connectivity index (χ3v) is 4.13. The highest BCUT2D eigenvalue weighted by molar-refractivity contribution is 5.76. The molecule has 1 aromatic rings. The van der Waals surface area contributed by atoms with Crippen molar-refractivity contribution < 1.29 is 9.53 Å². The quantitative estimate of drug-likeness (QED) is 0.383. The van der Waals surface area contributed by atoms with Gasteiger partial charge < -0.3 is 4.74 Å². The fraction of sp³-hybridized carbons (Fsp3) is 0.632. The molecule has 118 valence electrons. The van der Waals surface area contributed by atoms with Gasteiger partial charge in [0.15, 0.2) is 0 Å². The van der Waals surface area contributed by atoms with Gasteiger partial charge in [0.1, 0.15) is 12.0 Å². The van der Waals surface area contributed by atoms with Crippen LogP contribution >= 0.6 is 0 Å². The lowest BCUT2D eigenvalue weighted by atomic mass is 9.93. The number of hydrogen-bond donors (Lipinski definition) is 0. The van der Waals surface area contributed by atoms with Crippen molar-refractivity contribution in [3.05, 3.63) is 29.3 Å². The first kappa shape index (κ1) is 17.7. The fourth-order valence-corrected chi connectivity index (χ4v) is 2.69. The first-order valence-corrected chi connectivity index (χ1v) is 8.35. The molecule has 0 spiro atoms. The van der Waals surface area contributed by atoms with Gasteiger partial charge in [-0.1, -0.05) is 58.8 Å². The minimum atomic E-state index is 0.481. The molecular weight excluding hydrogens is 260 g/mol. The number of carbonyl (C=O) groups is 1. The van der Waals surface area contributed by atoms with E-state index < -0.39 is 0 Å². The van der Waals surface area contributed by atoms with Gasteiger partial charge in [-0.3, -0.25) is 4.79 Å². The van der Waals surface area contributed by atoms with Crippen molar-refractivity contribution in [2.24, 2.45) is 0 Å². The first-order valence-electron chi connectivity index (χ1n) is 8.35. The van der Waals surface area contributed by atoms with Gasteiger partial charge in [0.05, 0.1) is 7.11 Å². The van der Waals surface area contributed by atoms with Crippen LogP contribution in [0.1, 0.15) is 87.1 Å².